The molecular formula is C15H12Br2Cl2. The van der Waals surface area contributed by atoms with E-state index in [1.54, 1.807) is 0 Å². The maximum Gasteiger partial charge on any atom is 0.0849 e. The molecule has 1 atom stereocenters. The summed E-state index contributed by atoms with van der Waals surface area (Å²) < 4.78 is 2.02. The first-order valence-corrected chi connectivity index (χ1v) is 8.16. The Hall–Kier alpha value is -0.0200. The largest absolute Gasteiger partial charge is 0.113 e. The van der Waals surface area contributed by atoms with E-state index in [0.717, 1.165) is 36.2 Å². The Morgan fingerprint density at radius 3 is 2.32 bits per heavy atom. The summed E-state index contributed by atoms with van der Waals surface area (Å²) in [6.07, 6.45) is 0. The number of hydrogen-bond acceptors (Lipinski definition) is 0. The molecule has 0 N–H and O–H groups in total. The minimum absolute atomic E-state index is 0.206. The fourth-order valence-electron chi connectivity index (χ4n) is 1.95. The first kappa shape index (κ1) is 15.4. The second-order valence-electron chi connectivity index (χ2n) is 4.49. The third-order valence-electron chi connectivity index (χ3n) is 3.05. The van der Waals surface area contributed by atoms with Crippen LogP contribution in [0.2, 0.25) is 5.02 Å². The quantitative estimate of drug-likeness (QED) is 0.466. The average molecular weight is 423 g/mol. The normalized spacial score (nSPS) is 12.5. The van der Waals surface area contributed by atoms with Crippen LogP contribution in [-0.4, -0.2) is 0 Å². The van der Waals surface area contributed by atoms with Crippen LogP contribution in [0.4, 0.5) is 0 Å². The van der Waals surface area contributed by atoms with Gasteiger partial charge in [-0.2, -0.15) is 0 Å². The molecule has 1 unspecified atom stereocenters. The Balaban J connectivity index is 2.52. The standard InChI is InChI=1S/C15H12Br2Cl2/c1-8-6-14(18)9(2)5-11(8)15(19)12-7-10(16)3-4-13(12)17/h3-7,15H,1-2H3. The summed E-state index contributed by atoms with van der Waals surface area (Å²) in [7, 11) is 0. The molecule has 19 heavy (non-hydrogen) atoms. The summed E-state index contributed by atoms with van der Waals surface area (Å²) in [4.78, 5) is 0. The lowest BCUT2D eigenvalue weighted by atomic mass is 9.98. The maximum absolute atomic E-state index is 6.64. The maximum atomic E-state index is 6.64. The predicted molar refractivity (Wildman–Crippen MR) is 90.5 cm³/mol. The van der Waals surface area contributed by atoms with E-state index in [4.69, 9.17) is 23.2 Å². The van der Waals surface area contributed by atoms with Gasteiger partial charge in [0.05, 0.1) is 5.38 Å². The summed E-state index contributed by atoms with van der Waals surface area (Å²) in [5.74, 6) is 0. The average Bonchev–Trinajstić information content (AvgIpc) is 2.36. The first-order valence-electron chi connectivity index (χ1n) is 5.76. The van der Waals surface area contributed by atoms with Gasteiger partial charge in [0.25, 0.3) is 0 Å². The van der Waals surface area contributed by atoms with Gasteiger partial charge in [0.15, 0.2) is 0 Å². The molecule has 0 saturated carbocycles. The third kappa shape index (κ3) is 3.36. The van der Waals surface area contributed by atoms with Crippen LogP contribution < -0.4 is 0 Å². The van der Waals surface area contributed by atoms with Crippen LogP contribution in [0.15, 0.2) is 39.3 Å². The van der Waals surface area contributed by atoms with E-state index in [9.17, 15) is 0 Å². The van der Waals surface area contributed by atoms with Crippen molar-refractivity contribution < 1.29 is 0 Å². The number of rotatable bonds is 2. The van der Waals surface area contributed by atoms with Gasteiger partial charge in [0.2, 0.25) is 0 Å². The van der Waals surface area contributed by atoms with Crippen molar-refractivity contribution >= 4 is 55.1 Å². The van der Waals surface area contributed by atoms with Crippen molar-refractivity contribution in [3.63, 3.8) is 0 Å². The van der Waals surface area contributed by atoms with Gasteiger partial charge in [-0.25, -0.2) is 0 Å². The Labute approximate surface area is 140 Å². The molecule has 2 rings (SSSR count). The van der Waals surface area contributed by atoms with Crippen molar-refractivity contribution in [1.29, 1.82) is 0 Å². The second kappa shape index (κ2) is 6.17. The lowest BCUT2D eigenvalue weighted by molar-refractivity contribution is 1.09. The Morgan fingerprint density at radius 2 is 1.63 bits per heavy atom. The highest BCUT2D eigenvalue weighted by Crippen LogP contribution is 2.38. The van der Waals surface area contributed by atoms with Crippen molar-refractivity contribution in [2.75, 3.05) is 0 Å². The van der Waals surface area contributed by atoms with E-state index in [1.165, 1.54) is 0 Å². The number of halogens is 4. The molecule has 0 nitrogen and oxygen atoms in total. The number of aryl methyl sites for hydroxylation is 2. The zero-order valence-corrected chi connectivity index (χ0v) is 15.2. The smallest absolute Gasteiger partial charge is 0.0849 e. The molecule has 100 valence electrons. The third-order valence-corrected chi connectivity index (χ3v) is 5.14. The van der Waals surface area contributed by atoms with Gasteiger partial charge in [0.1, 0.15) is 0 Å². The second-order valence-corrected chi connectivity index (χ2v) is 7.10. The van der Waals surface area contributed by atoms with E-state index >= 15 is 0 Å². The molecule has 2 aromatic rings. The minimum atomic E-state index is -0.206. The lowest BCUT2D eigenvalue weighted by Crippen LogP contribution is -1.99. The molecule has 0 aliphatic carbocycles. The van der Waals surface area contributed by atoms with Crippen molar-refractivity contribution in [1.82, 2.24) is 0 Å². The van der Waals surface area contributed by atoms with Gasteiger partial charge in [-0.05, 0) is 60.4 Å². The number of hydrogen-bond donors (Lipinski definition) is 0. The van der Waals surface area contributed by atoms with E-state index in [1.807, 2.05) is 38.1 Å². The van der Waals surface area contributed by atoms with Crippen LogP contribution in [-0.2, 0) is 0 Å². The molecule has 2 aromatic carbocycles. The van der Waals surface area contributed by atoms with Crippen LogP contribution >= 0.6 is 55.1 Å². The monoisotopic (exact) mass is 420 g/mol. The van der Waals surface area contributed by atoms with Crippen molar-refractivity contribution in [2.24, 2.45) is 0 Å². The number of alkyl halides is 1. The molecular weight excluding hydrogens is 411 g/mol. The molecule has 0 heterocycles. The Morgan fingerprint density at radius 1 is 0.947 bits per heavy atom. The van der Waals surface area contributed by atoms with Crippen molar-refractivity contribution in [3.05, 3.63) is 66.6 Å². The van der Waals surface area contributed by atoms with Gasteiger partial charge in [-0.3, -0.25) is 0 Å². The lowest BCUT2D eigenvalue weighted by Gasteiger charge is -2.16. The Bertz CT molecular complexity index is 624. The van der Waals surface area contributed by atoms with Crippen LogP contribution in [0.5, 0.6) is 0 Å². The van der Waals surface area contributed by atoms with E-state index in [0.29, 0.717) is 0 Å². The minimum Gasteiger partial charge on any atom is -0.113 e. The molecule has 4 heteroatoms. The zero-order valence-electron chi connectivity index (χ0n) is 10.5. The predicted octanol–water partition coefficient (Wildman–Crippen LogP) is 6.81. The number of benzene rings is 2. The van der Waals surface area contributed by atoms with E-state index in [-0.39, 0.29) is 5.38 Å². The van der Waals surface area contributed by atoms with Gasteiger partial charge in [-0.15, -0.1) is 11.6 Å². The van der Waals surface area contributed by atoms with Gasteiger partial charge in [-0.1, -0.05) is 49.5 Å². The van der Waals surface area contributed by atoms with E-state index in [2.05, 4.69) is 37.9 Å². The van der Waals surface area contributed by atoms with Crippen LogP contribution in [0, 0.1) is 13.8 Å². The molecule has 0 fully saturated rings. The molecule has 0 radical (unpaired) electrons. The fraction of sp³-hybridized carbons (Fsp3) is 0.200. The van der Waals surface area contributed by atoms with E-state index < -0.39 is 0 Å². The summed E-state index contributed by atoms with van der Waals surface area (Å²) in [6, 6.07) is 10.0. The van der Waals surface area contributed by atoms with Crippen LogP contribution in [0.1, 0.15) is 27.6 Å². The Kier molecular flexibility index (Phi) is 4.99. The topological polar surface area (TPSA) is 0 Å². The highest BCUT2D eigenvalue weighted by Gasteiger charge is 2.17. The van der Waals surface area contributed by atoms with Gasteiger partial charge in [0, 0.05) is 14.0 Å². The van der Waals surface area contributed by atoms with Crippen molar-refractivity contribution in [2.45, 2.75) is 19.2 Å². The molecule has 0 spiro atoms. The summed E-state index contributed by atoms with van der Waals surface area (Å²) in [5.41, 5.74) is 4.27. The molecule has 0 bridgehead atoms. The first-order chi connectivity index (χ1) is 8.90. The molecule has 0 amide bonds. The summed E-state index contributed by atoms with van der Waals surface area (Å²) >= 11 is 19.8. The SMILES string of the molecule is Cc1cc(C(Cl)c2cc(Br)ccc2Br)c(C)cc1Cl. The molecule has 0 saturated heterocycles. The van der Waals surface area contributed by atoms with Gasteiger partial charge < -0.3 is 0 Å². The fourth-order valence-corrected chi connectivity index (χ4v) is 3.57. The molecule has 0 aromatic heterocycles. The van der Waals surface area contributed by atoms with Crippen LogP contribution in [0.25, 0.3) is 0 Å². The van der Waals surface area contributed by atoms with Crippen molar-refractivity contribution in [3.8, 4) is 0 Å². The zero-order chi connectivity index (χ0) is 14.2. The summed E-state index contributed by atoms with van der Waals surface area (Å²) in [5, 5.41) is 0.571. The highest BCUT2D eigenvalue weighted by atomic mass is 79.9. The van der Waals surface area contributed by atoms with Crippen LogP contribution in [0.3, 0.4) is 0 Å². The molecule has 0 aliphatic heterocycles. The van der Waals surface area contributed by atoms with Gasteiger partial charge >= 0.3 is 0 Å². The highest BCUT2D eigenvalue weighted by molar-refractivity contribution is 9.11. The summed E-state index contributed by atoms with van der Waals surface area (Å²) in [6.45, 7) is 4.02. The molecule has 0 aliphatic rings.